The average Bonchev–Trinajstić information content (AvgIpc) is 3.03. The molecule has 3 nitrogen and oxygen atoms in total. The predicted octanol–water partition coefficient (Wildman–Crippen LogP) is 8.95. The molecule has 4 aromatic rings. The van der Waals surface area contributed by atoms with E-state index in [0.29, 0.717) is 11.7 Å². The van der Waals surface area contributed by atoms with Gasteiger partial charge in [-0.1, -0.05) is 118 Å². The first-order valence-corrected chi connectivity index (χ1v) is 15.8. The van der Waals surface area contributed by atoms with Gasteiger partial charge in [0.15, 0.2) is 0 Å². The van der Waals surface area contributed by atoms with Crippen LogP contribution in [0.25, 0.3) is 0 Å². The summed E-state index contributed by atoms with van der Waals surface area (Å²) < 4.78 is 0. The molecular weight excluding hydrogens is 514 g/mol. The van der Waals surface area contributed by atoms with Gasteiger partial charge in [-0.3, -0.25) is 0 Å². The second-order valence-electron chi connectivity index (χ2n) is 12.7. The maximum absolute atomic E-state index is 11.3. The molecule has 2 N–H and O–H groups in total. The van der Waals surface area contributed by atoms with E-state index in [4.69, 9.17) is 0 Å². The van der Waals surface area contributed by atoms with Crippen LogP contribution in [0.4, 0.5) is 0 Å². The fourth-order valence-electron chi connectivity index (χ4n) is 6.56. The number of nitrogens with zero attached hydrogens (tertiary/aromatic N) is 1. The maximum atomic E-state index is 11.3. The Labute approximate surface area is 252 Å². The number of likely N-dealkylation sites (tertiary alicyclic amines) is 1. The van der Waals surface area contributed by atoms with Crippen LogP contribution >= 0.6 is 0 Å². The first-order chi connectivity index (χ1) is 20.4. The van der Waals surface area contributed by atoms with E-state index in [9.17, 15) is 10.2 Å². The summed E-state index contributed by atoms with van der Waals surface area (Å²) in [6.45, 7) is 9.85. The number of hydrogen-bond acceptors (Lipinski definition) is 3. The van der Waals surface area contributed by atoms with Crippen molar-refractivity contribution in [2.75, 3.05) is 19.6 Å². The monoisotopic (exact) mass is 561 g/mol. The molecule has 0 saturated carbocycles. The van der Waals surface area contributed by atoms with Crippen LogP contribution < -0.4 is 0 Å². The zero-order valence-electron chi connectivity index (χ0n) is 25.5. The highest BCUT2D eigenvalue weighted by Gasteiger charge is 2.29. The number of aliphatic hydroxyl groups is 1. The molecule has 3 heteroatoms. The van der Waals surface area contributed by atoms with Gasteiger partial charge in [-0.2, -0.15) is 0 Å². The molecule has 1 fully saturated rings. The molecule has 0 aromatic heterocycles. The minimum absolute atomic E-state index is 0.00905. The Morgan fingerprint density at radius 1 is 0.762 bits per heavy atom. The molecule has 0 amide bonds. The topological polar surface area (TPSA) is 43.7 Å². The largest absolute Gasteiger partial charge is 0.508 e. The number of piperidine rings is 1. The minimum atomic E-state index is -0.413. The fourth-order valence-corrected chi connectivity index (χ4v) is 6.56. The van der Waals surface area contributed by atoms with Crippen LogP contribution in [-0.2, 0) is 5.41 Å². The number of phenolic OH excluding ortho intramolecular Hbond substituents is 1. The van der Waals surface area contributed by atoms with Gasteiger partial charge in [0.05, 0.1) is 6.10 Å². The van der Waals surface area contributed by atoms with Crippen molar-refractivity contribution in [3.63, 3.8) is 0 Å². The van der Waals surface area contributed by atoms with Crippen LogP contribution in [0.3, 0.4) is 0 Å². The van der Waals surface area contributed by atoms with Crippen LogP contribution in [-0.4, -0.2) is 34.7 Å². The summed E-state index contributed by atoms with van der Waals surface area (Å²) in [6.07, 6.45) is 4.59. The highest BCUT2D eigenvalue weighted by atomic mass is 16.3. The Hall–Kier alpha value is -3.40. The number of benzene rings is 4. The van der Waals surface area contributed by atoms with Gasteiger partial charge in [0, 0.05) is 11.5 Å². The summed E-state index contributed by atoms with van der Waals surface area (Å²) in [6, 6.07) is 35.8. The third-order valence-electron chi connectivity index (χ3n) is 9.61. The molecule has 1 heterocycles. The molecule has 1 aliphatic heterocycles. The van der Waals surface area contributed by atoms with Gasteiger partial charge in [0.2, 0.25) is 0 Å². The predicted molar refractivity (Wildman–Crippen MR) is 174 cm³/mol. The van der Waals surface area contributed by atoms with Crippen LogP contribution in [0, 0.1) is 0 Å². The van der Waals surface area contributed by atoms with Gasteiger partial charge in [-0.25, -0.2) is 0 Å². The molecule has 1 aliphatic rings. The number of rotatable bonds is 11. The van der Waals surface area contributed by atoms with Crippen LogP contribution in [0.5, 0.6) is 5.75 Å². The molecule has 0 spiro atoms. The summed E-state index contributed by atoms with van der Waals surface area (Å²) in [5.41, 5.74) is 7.24. The van der Waals surface area contributed by atoms with E-state index >= 15 is 0 Å². The maximum Gasteiger partial charge on any atom is 0.120 e. The lowest BCUT2D eigenvalue weighted by molar-refractivity contribution is 0.148. The van der Waals surface area contributed by atoms with Crippen molar-refractivity contribution in [2.24, 2.45) is 0 Å². The van der Waals surface area contributed by atoms with E-state index in [1.54, 1.807) is 0 Å². The first-order valence-electron chi connectivity index (χ1n) is 15.8. The lowest BCUT2D eigenvalue weighted by atomic mass is 9.77. The van der Waals surface area contributed by atoms with Crippen LogP contribution in [0.1, 0.15) is 104 Å². The van der Waals surface area contributed by atoms with Crippen LogP contribution in [0.2, 0.25) is 0 Å². The van der Waals surface area contributed by atoms with Gasteiger partial charge in [0.1, 0.15) is 5.75 Å². The molecule has 1 unspecified atom stereocenters. The third kappa shape index (κ3) is 6.97. The Bertz CT molecular complexity index is 1350. The molecule has 1 saturated heterocycles. The summed E-state index contributed by atoms with van der Waals surface area (Å²) in [5, 5.41) is 22.1. The first kappa shape index (κ1) is 30.1. The van der Waals surface area contributed by atoms with Gasteiger partial charge >= 0.3 is 0 Å². The van der Waals surface area contributed by atoms with Gasteiger partial charge < -0.3 is 15.1 Å². The van der Waals surface area contributed by atoms with E-state index < -0.39 is 6.10 Å². The summed E-state index contributed by atoms with van der Waals surface area (Å²) in [7, 11) is 0. The molecule has 220 valence electrons. The fraction of sp³-hybridized carbons (Fsp3) is 0.385. The lowest BCUT2D eigenvalue weighted by Gasteiger charge is -2.34. The Kier molecular flexibility index (Phi) is 9.82. The Morgan fingerprint density at radius 2 is 1.36 bits per heavy atom. The van der Waals surface area contributed by atoms with E-state index in [1.165, 1.54) is 22.3 Å². The Balaban J connectivity index is 1.22. The van der Waals surface area contributed by atoms with Gasteiger partial charge in [-0.15, -0.1) is 0 Å². The molecule has 0 bridgehead atoms. The quantitative estimate of drug-likeness (QED) is 0.180. The molecule has 1 atom stereocenters. The third-order valence-corrected chi connectivity index (χ3v) is 9.61. The van der Waals surface area contributed by atoms with E-state index in [1.807, 2.05) is 12.1 Å². The molecular formula is C39H47NO2. The second-order valence-corrected chi connectivity index (χ2v) is 12.7. The van der Waals surface area contributed by atoms with Crippen LogP contribution in [0.15, 0.2) is 103 Å². The van der Waals surface area contributed by atoms with Crippen molar-refractivity contribution < 1.29 is 10.2 Å². The molecule has 0 radical (unpaired) electrons. The van der Waals surface area contributed by atoms with E-state index in [0.717, 1.165) is 62.9 Å². The van der Waals surface area contributed by atoms with Crippen molar-refractivity contribution in [3.8, 4) is 5.75 Å². The van der Waals surface area contributed by atoms with Gasteiger partial charge in [-0.05, 0) is 97.0 Å². The standard InChI is InChI=1S/C39H47NO2/c1-4-39(2,3)33-22-20-30(21-23-33)35(41)19-12-26-40-27-24-29(25-28-40)34-17-11-18-36(42)38(34)37(31-13-7-5-8-14-31)32-15-9-6-10-16-32/h5-11,13-18,20-23,29,35,37,41-42H,4,12,19,24-28H2,1-3H3. The lowest BCUT2D eigenvalue weighted by Crippen LogP contribution is -2.34. The Morgan fingerprint density at radius 3 is 1.93 bits per heavy atom. The van der Waals surface area contributed by atoms with Crippen molar-refractivity contribution >= 4 is 0 Å². The van der Waals surface area contributed by atoms with Crippen molar-refractivity contribution in [1.29, 1.82) is 0 Å². The zero-order valence-corrected chi connectivity index (χ0v) is 25.5. The number of aliphatic hydroxyl groups excluding tert-OH is 1. The highest BCUT2D eigenvalue weighted by Crippen LogP contribution is 2.43. The molecule has 5 rings (SSSR count). The number of aromatic hydroxyl groups is 1. The second kappa shape index (κ2) is 13.7. The summed E-state index contributed by atoms with van der Waals surface area (Å²) >= 11 is 0. The normalized spacial score (nSPS) is 15.6. The number of hydrogen-bond donors (Lipinski definition) is 2. The van der Waals surface area contributed by atoms with E-state index in [-0.39, 0.29) is 11.3 Å². The molecule has 4 aromatic carbocycles. The number of phenols is 1. The molecule has 42 heavy (non-hydrogen) atoms. The van der Waals surface area contributed by atoms with Crippen molar-refractivity contribution in [1.82, 2.24) is 4.90 Å². The summed E-state index contributed by atoms with van der Waals surface area (Å²) in [4.78, 5) is 2.55. The van der Waals surface area contributed by atoms with Gasteiger partial charge in [0.25, 0.3) is 0 Å². The smallest absolute Gasteiger partial charge is 0.120 e. The van der Waals surface area contributed by atoms with Crippen molar-refractivity contribution in [2.45, 2.75) is 76.2 Å². The highest BCUT2D eigenvalue weighted by molar-refractivity contribution is 5.53. The minimum Gasteiger partial charge on any atom is -0.508 e. The average molecular weight is 562 g/mol. The SMILES string of the molecule is CCC(C)(C)c1ccc(C(O)CCCN2CCC(c3cccc(O)c3C(c3ccccc3)c3ccccc3)CC2)cc1. The summed E-state index contributed by atoms with van der Waals surface area (Å²) in [5.74, 6) is 0.785. The van der Waals surface area contributed by atoms with E-state index in [2.05, 4.69) is 117 Å². The van der Waals surface area contributed by atoms with Crippen molar-refractivity contribution in [3.05, 3.63) is 137 Å². The molecule has 0 aliphatic carbocycles. The zero-order chi connectivity index (χ0) is 29.5.